The molecule has 103 heavy (non-hydrogen) atoms. The van der Waals surface area contributed by atoms with Crippen molar-refractivity contribution in [3.8, 4) is 102 Å². The molecule has 2 aromatic heterocycles. The van der Waals surface area contributed by atoms with Crippen LogP contribution in [0.25, 0.3) is 112 Å². The van der Waals surface area contributed by atoms with Crippen LogP contribution >= 0.6 is 0 Å². The van der Waals surface area contributed by atoms with Crippen molar-refractivity contribution in [2.75, 3.05) is 0 Å². The molecule has 0 saturated carbocycles. The molecule has 0 fully saturated rings. The summed E-state index contributed by atoms with van der Waals surface area (Å²) in [4.78, 5) is 28.2. The predicted molar refractivity (Wildman–Crippen MR) is 341 cm³/mol. The van der Waals surface area contributed by atoms with Crippen LogP contribution in [0.1, 0.15) is 0 Å². The summed E-state index contributed by atoms with van der Waals surface area (Å²) in [6.07, 6.45) is -14.4. The van der Waals surface area contributed by atoms with Crippen LogP contribution < -0.4 is 4.18 Å². The van der Waals surface area contributed by atoms with E-state index in [1.165, 1.54) is 36.4 Å². The molecule has 0 saturated heterocycles. The Labute approximate surface area is 569 Å². The first-order valence-corrected chi connectivity index (χ1v) is 32.0. The average molecular weight is 1490 g/mol. The second-order valence-corrected chi connectivity index (χ2v) is 24.9. The molecule has 0 aliphatic carbocycles. The van der Waals surface area contributed by atoms with E-state index >= 15 is 0 Å². The number of aromatic hydroxyl groups is 1. The summed E-state index contributed by atoms with van der Waals surface area (Å²) in [6, 6.07) is 70.9. The summed E-state index contributed by atoms with van der Waals surface area (Å²) in [7, 11) is -14.9. The third kappa shape index (κ3) is 14.6. The van der Waals surface area contributed by atoms with Crippen molar-refractivity contribution in [2.24, 2.45) is 0 Å². The van der Waals surface area contributed by atoms with Gasteiger partial charge in [-0.2, -0.15) is 95.9 Å². The molecule has 0 spiro atoms. The molecule has 2 heterocycles. The molecule has 0 bridgehead atoms. The van der Waals surface area contributed by atoms with Gasteiger partial charge in [-0.1, -0.05) is 222 Å². The summed E-state index contributed by atoms with van der Waals surface area (Å²) in [5.41, 5.74) is 5.64. The van der Waals surface area contributed by atoms with E-state index in [0.717, 1.165) is 50.7 Å². The fraction of sp³-hybridized carbons (Fsp3) is 0.114. The molecular weight excluding hydrogens is 1450 g/mol. The smallest absolute Gasteiger partial charge is 0.460 e. The van der Waals surface area contributed by atoms with E-state index in [9.17, 15) is 105 Å². The Morgan fingerprint density at radius 2 is 0.573 bits per heavy atom. The van der Waals surface area contributed by atoms with Gasteiger partial charge in [0.2, 0.25) is 0 Å². The summed E-state index contributed by atoms with van der Waals surface area (Å²) < 4.78 is 290. The van der Waals surface area contributed by atoms with Gasteiger partial charge in [0, 0.05) is 44.5 Å². The number of alkyl halides is 18. The van der Waals surface area contributed by atoms with Gasteiger partial charge in [-0.3, -0.25) is 0 Å². The molecule has 12 rings (SSSR count). The summed E-state index contributed by atoms with van der Waals surface area (Å²) >= 11 is 0. The van der Waals surface area contributed by atoms with Gasteiger partial charge in [0.25, 0.3) is 0 Å². The SMILES string of the molecule is O=S(=O)(F)C(F)(F)C(F)(F)C(F)(F)C(F)(F)F.O=S(=O)(Oc1ccc2ccccc2c1-c1cccc(-c2nc(-c3ccccc3)nc(-c3ccccc3)n2)c1)C(F)(F)C(F)(F)C(F)(F)C(F)(F)F.Oc1ccc2ccccc2c1-c1cccc(-c2nc(-c3ccccc3)nc(-c3ccccc3)n2)c1. The number of fused-ring (bicyclic) bond motifs is 2. The fourth-order valence-corrected chi connectivity index (χ4v) is 11.2. The molecule has 0 aliphatic rings. The van der Waals surface area contributed by atoms with Gasteiger partial charge in [-0.25, -0.2) is 29.9 Å². The van der Waals surface area contributed by atoms with Crippen molar-refractivity contribution < 1.29 is 109 Å². The van der Waals surface area contributed by atoms with Crippen molar-refractivity contribution in [1.82, 2.24) is 29.9 Å². The van der Waals surface area contributed by atoms with Gasteiger partial charge in [0.05, 0.1) is 0 Å². The van der Waals surface area contributed by atoms with Crippen LogP contribution in [0.5, 0.6) is 11.5 Å². The van der Waals surface area contributed by atoms with Crippen LogP contribution in [0.3, 0.4) is 0 Å². The molecule has 532 valence electrons. The molecule has 0 atom stereocenters. The Hall–Kier alpha value is -11.1. The minimum Gasteiger partial charge on any atom is -0.507 e. The maximum Gasteiger partial charge on any atom is 0.460 e. The lowest BCUT2D eigenvalue weighted by Crippen LogP contribution is -2.63. The van der Waals surface area contributed by atoms with E-state index in [1.807, 2.05) is 115 Å². The topological polar surface area (TPSA) is 175 Å². The highest BCUT2D eigenvalue weighted by Crippen LogP contribution is 2.57. The zero-order valence-corrected chi connectivity index (χ0v) is 52.9. The van der Waals surface area contributed by atoms with Crippen LogP contribution in [0.2, 0.25) is 0 Å². The predicted octanol–water partition coefficient (Wildman–Crippen LogP) is 19.9. The van der Waals surface area contributed by atoms with Crippen LogP contribution in [-0.2, 0) is 20.3 Å². The molecule has 1 N–H and O–H groups in total. The van der Waals surface area contributed by atoms with Gasteiger partial charge in [0.1, 0.15) is 5.75 Å². The normalized spacial score (nSPS) is 12.8. The molecule has 33 heteroatoms. The lowest BCUT2D eigenvalue weighted by molar-refractivity contribution is -0.382. The van der Waals surface area contributed by atoms with E-state index in [-0.39, 0.29) is 45.3 Å². The third-order valence-electron chi connectivity index (χ3n) is 15.1. The largest absolute Gasteiger partial charge is 0.507 e. The van der Waals surface area contributed by atoms with Crippen LogP contribution in [-0.4, -0.2) is 98.4 Å². The minimum absolute atomic E-state index is 0.0214. The Kier molecular flexibility index (Phi) is 20.3. The van der Waals surface area contributed by atoms with E-state index < -0.39 is 72.6 Å². The first-order valence-electron chi connectivity index (χ1n) is 29.2. The summed E-state index contributed by atoms with van der Waals surface area (Å²) in [6.45, 7) is 0. The van der Waals surface area contributed by atoms with Crippen molar-refractivity contribution >= 4 is 41.9 Å². The van der Waals surface area contributed by atoms with Gasteiger partial charge >= 0.3 is 66.9 Å². The molecule has 0 aliphatic heterocycles. The minimum atomic E-state index is -7.67. The second kappa shape index (κ2) is 28.0. The average Bonchev–Trinajstić information content (AvgIpc) is 0.729. The molecule has 12 nitrogen and oxygen atoms in total. The van der Waals surface area contributed by atoms with E-state index in [4.69, 9.17) is 15.0 Å². The van der Waals surface area contributed by atoms with Crippen LogP contribution in [0, 0.1) is 0 Å². The van der Waals surface area contributed by atoms with E-state index in [2.05, 4.69) is 19.1 Å². The number of rotatable bonds is 16. The zero-order valence-electron chi connectivity index (χ0n) is 51.3. The number of aromatic nitrogens is 6. The highest BCUT2D eigenvalue weighted by atomic mass is 32.3. The Bertz CT molecular complexity index is 5210. The zero-order chi connectivity index (χ0) is 74.9. The lowest BCUT2D eigenvalue weighted by atomic mass is 9.96. The number of nitrogens with zero attached hydrogens (tertiary/aromatic N) is 6. The molecular formula is C70H41F19N6O6S2. The first-order chi connectivity index (χ1) is 48.2. The number of halogens is 19. The quantitative estimate of drug-likeness (QED) is 0.0551. The Morgan fingerprint density at radius 1 is 0.291 bits per heavy atom. The van der Waals surface area contributed by atoms with Crippen LogP contribution in [0.4, 0.5) is 82.9 Å². The number of phenols is 1. The van der Waals surface area contributed by atoms with Crippen molar-refractivity contribution in [3.63, 3.8) is 0 Å². The fourth-order valence-electron chi connectivity index (χ4n) is 9.89. The summed E-state index contributed by atoms with van der Waals surface area (Å²) in [5, 5.41) is -0.970. The molecule has 0 amide bonds. The maximum absolute atomic E-state index is 14.7. The second-order valence-electron chi connectivity index (χ2n) is 21.9. The number of phenolic OH excluding ortho intramolecular Hbond substituents is 1. The van der Waals surface area contributed by atoms with Crippen molar-refractivity contribution in [1.29, 1.82) is 0 Å². The molecule has 12 aromatic rings. The van der Waals surface area contributed by atoms with Gasteiger partial charge in [-0.15, -0.1) is 0 Å². The standard InChI is InChI=1S/C35H20F9N3O3S.C31H21N3O.C4F10O2S/c36-32(37,34(40,41)42)33(38,39)35(43,44)51(48,49)50-27-19-18-21-10-7-8-17-26(21)28(27)24-15-9-16-25(20-24)31-46-29(22-11-3-1-4-12-22)45-30(47-31)23-13-5-2-6-14-23;35-27-19-18-21-10-7-8-17-26(21)28(27)24-15-9-16-25(20-24)31-33-29(22-11-3-1-4-12-22)32-30(34-31)23-13-5-2-6-14-23;5-1(6,3(9,10)11)2(7,8)4(12,13)17(14,15)16/h1-20H;1-20,35H;. The van der Waals surface area contributed by atoms with Gasteiger partial charge in [0.15, 0.2) is 40.7 Å². The van der Waals surface area contributed by atoms with Crippen molar-refractivity contribution in [2.45, 2.75) is 46.6 Å². The molecule has 10 aromatic carbocycles. The number of benzene rings is 10. The highest BCUT2D eigenvalue weighted by Gasteiger charge is 2.87. The highest BCUT2D eigenvalue weighted by molar-refractivity contribution is 7.88. The van der Waals surface area contributed by atoms with Gasteiger partial charge < -0.3 is 9.29 Å². The van der Waals surface area contributed by atoms with E-state index in [1.54, 1.807) is 78.9 Å². The number of hydrogen-bond acceptors (Lipinski definition) is 12. The van der Waals surface area contributed by atoms with Crippen molar-refractivity contribution in [3.05, 3.63) is 243 Å². The lowest BCUT2D eigenvalue weighted by Gasteiger charge is -2.32. The molecule has 0 radical (unpaired) electrons. The maximum atomic E-state index is 14.7. The Morgan fingerprint density at radius 3 is 0.922 bits per heavy atom. The third-order valence-corrected chi connectivity index (χ3v) is 17.2. The number of hydrogen-bond donors (Lipinski definition) is 1. The monoisotopic (exact) mass is 1490 g/mol. The molecule has 0 unspecified atom stereocenters. The van der Waals surface area contributed by atoms with E-state index in [0.29, 0.717) is 34.0 Å². The first kappa shape index (κ1) is 74.6. The Balaban J connectivity index is 0.000000188. The summed E-state index contributed by atoms with van der Waals surface area (Å²) in [5.74, 6) is -28.2. The van der Waals surface area contributed by atoms with Crippen LogP contribution in [0.15, 0.2) is 243 Å². The van der Waals surface area contributed by atoms with Gasteiger partial charge in [-0.05, 0) is 56.9 Å².